The molecule has 4 atom stereocenters. The van der Waals surface area contributed by atoms with Crippen LogP contribution >= 0.6 is 0 Å². The minimum Gasteiger partial charge on any atom is -0.487 e. The van der Waals surface area contributed by atoms with Crippen molar-refractivity contribution in [2.45, 2.75) is 162 Å². The minimum absolute atomic E-state index is 0.0298. The molecule has 0 heterocycles. The predicted molar refractivity (Wildman–Crippen MR) is 409 cm³/mol. The SMILES string of the molecule is CCC(C)(C)C(=O)OCC(=O)OCC(=O)Oc1ccc([S+](c2ccccc2)c2ccccc2)cc1.CCC(C)C(=O)OC12CC3CC(C1)CC(Oc1ccc([S+](c4ccccc4)c4ccccc4)cc1)(C3)C2.CCC(C)C(=O)OCC(=O)OCC(=O)Oc1ccc([S+](c2ccccc2)c2ccccc2)cc1. The van der Waals surface area contributed by atoms with Gasteiger partial charge in [0.15, 0.2) is 70.5 Å². The first-order chi connectivity index (χ1) is 51.2. The smallest absolute Gasteiger partial charge is 0.349 e. The van der Waals surface area contributed by atoms with Gasteiger partial charge in [0.2, 0.25) is 0 Å². The minimum atomic E-state index is -0.813. The van der Waals surface area contributed by atoms with Gasteiger partial charge in [0, 0.05) is 6.42 Å². The summed E-state index contributed by atoms with van der Waals surface area (Å²) in [6.45, 7) is 10.7. The van der Waals surface area contributed by atoms with Crippen LogP contribution in [0.3, 0.4) is 0 Å². The molecule has 106 heavy (non-hydrogen) atoms. The fourth-order valence-corrected chi connectivity index (χ4v) is 19.4. The second-order valence-electron chi connectivity index (χ2n) is 27.4. The van der Waals surface area contributed by atoms with E-state index in [9.17, 15) is 33.6 Å². The van der Waals surface area contributed by atoms with E-state index in [0.717, 1.165) is 54.1 Å². The molecular formula is C88H93O15S3+3. The average molecular weight is 1490 g/mol. The monoisotopic (exact) mass is 1490 g/mol. The third-order valence-electron chi connectivity index (χ3n) is 18.9. The highest BCUT2D eigenvalue weighted by Gasteiger charge is 2.61. The molecule has 4 saturated carbocycles. The van der Waals surface area contributed by atoms with Gasteiger partial charge in [-0.2, -0.15) is 0 Å². The second-order valence-corrected chi connectivity index (χ2v) is 33.5. The lowest BCUT2D eigenvalue weighted by Gasteiger charge is -2.60. The number of hydrogen-bond donors (Lipinski definition) is 0. The van der Waals surface area contributed by atoms with Gasteiger partial charge in [-0.25, -0.2) is 19.2 Å². The summed E-state index contributed by atoms with van der Waals surface area (Å²) < 4.78 is 43.2. The van der Waals surface area contributed by atoms with Crippen molar-refractivity contribution >= 4 is 74.5 Å². The van der Waals surface area contributed by atoms with Crippen LogP contribution in [0.25, 0.3) is 0 Å². The summed E-state index contributed by atoms with van der Waals surface area (Å²) in [4.78, 5) is 94.8. The van der Waals surface area contributed by atoms with Crippen LogP contribution < -0.4 is 14.2 Å². The van der Waals surface area contributed by atoms with Gasteiger partial charge in [-0.15, -0.1) is 0 Å². The largest absolute Gasteiger partial charge is 0.487 e. The number of esters is 7. The highest BCUT2D eigenvalue weighted by molar-refractivity contribution is 7.97. The van der Waals surface area contributed by atoms with Crippen LogP contribution in [0.5, 0.6) is 17.2 Å². The Morgan fingerprint density at radius 2 is 0.660 bits per heavy atom. The van der Waals surface area contributed by atoms with E-state index < -0.39 is 67.7 Å². The van der Waals surface area contributed by atoms with Gasteiger partial charge in [-0.1, -0.05) is 144 Å². The van der Waals surface area contributed by atoms with E-state index in [0.29, 0.717) is 36.2 Å². The van der Waals surface area contributed by atoms with E-state index in [1.54, 1.807) is 45.0 Å². The van der Waals surface area contributed by atoms with Crippen LogP contribution in [0.1, 0.15) is 106 Å². The Kier molecular flexibility index (Phi) is 28.1. The first-order valence-electron chi connectivity index (χ1n) is 36.1. The molecule has 0 spiro atoms. The highest BCUT2D eigenvalue weighted by Crippen LogP contribution is 2.60. The number of benzene rings is 9. The lowest BCUT2D eigenvalue weighted by molar-refractivity contribution is -0.216. The predicted octanol–water partition coefficient (Wildman–Crippen LogP) is 17.9. The Bertz CT molecular complexity index is 4190. The number of carbonyl (C=O) groups is 7. The standard InChI is InChI=1S/C33H37O3S.C28H29O6S.C27H27O6S/c1-3-24(2)31(34)36-33-21-25-18-26(22-33)20-32(19-25,23-33)35-27-14-16-30(17-15-27)37(28-10-6-4-7-11-28)29-12-8-5-9-13-29;1-4-28(2,3)27(31)33-19-25(29)32-20-26(30)34-21-15-17-24(18-16-21)35(22-11-7-5-8-12-22)23-13-9-6-10-14-23;1-3-20(2)27(30)32-18-25(28)31-19-26(29)33-21-14-16-24(17-15-21)34(22-10-6-4-7-11-22)23-12-8-5-9-13-23/h4-17,24-26H,3,18-23H2,1-2H3;5-18H,4,19-20H2,1-3H3;4-17,20H,3,18-19H2,1-2H3/q3*+1. The van der Waals surface area contributed by atoms with Crippen molar-refractivity contribution in [1.29, 1.82) is 0 Å². The Hall–Kier alpha value is -9.88. The Morgan fingerprint density at radius 3 is 0.991 bits per heavy atom. The molecule has 13 rings (SSSR count). The molecule has 0 radical (unpaired) electrons. The summed E-state index contributed by atoms with van der Waals surface area (Å²) in [6, 6.07) is 85.7. The molecule has 0 saturated heterocycles. The second kappa shape index (κ2) is 37.9. The van der Waals surface area contributed by atoms with Crippen molar-refractivity contribution in [3.63, 3.8) is 0 Å². The third-order valence-corrected chi connectivity index (χ3v) is 25.6. The molecule has 4 aliphatic rings. The zero-order chi connectivity index (χ0) is 75.1. The van der Waals surface area contributed by atoms with Crippen molar-refractivity contribution < 1.29 is 71.5 Å². The van der Waals surface area contributed by atoms with E-state index >= 15 is 0 Å². The topological polar surface area (TPSA) is 193 Å². The number of rotatable bonds is 28. The van der Waals surface area contributed by atoms with Gasteiger partial charge >= 0.3 is 41.8 Å². The van der Waals surface area contributed by atoms with Crippen LogP contribution in [0, 0.1) is 29.1 Å². The van der Waals surface area contributed by atoms with Crippen molar-refractivity contribution in [2.75, 3.05) is 26.4 Å². The summed E-state index contributed by atoms with van der Waals surface area (Å²) in [5.74, 6) is -1.62. The van der Waals surface area contributed by atoms with Gasteiger partial charge in [0.05, 0.1) is 49.9 Å². The van der Waals surface area contributed by atoms with Crippen LogP contribution in [-0.4, -0.2) is 79.4 Å². The summed E-state index contributed by atoms with van der Waals surface area (Å²) in [5, 5.41) is 0. The first kappa shape index (κ1) is 78.7. The van der Waals surface area contributed by atoms with E-state index in [4.69, 9.17) is 37.9 Å². The number of ether oxygens (including phenoxy) is 8. The van der Waals surface area contributed by atoms with Gasteiger partial charge in [-0.05, 0) is 223 Å². The molecule has 4 fully saturated rings. The number of carbonyl (C=O) groups excluding carboxylic acids is 7. The normalized spacial score (nSPS) is 17.4. The van der Waals surface area contributed by atoms with Crippen LogP contribution in [0.4, 0.5) is 0 Å². The molecule has 0 aromatic heterocycles. The van der Waals surface area contributed by atoms with Crippen molar-refractivity contribution in [2.24, 2.45) is 29.1 Å². The number of hydrogen-bond acceptors (Lipinski definition) is 15. The fourth-order valence-electron chi connectivity index (χ4n) is 13.1. The third kappa shape index (κ3) is 21.9. The van der Waals surface area contributed by atoms with Crippen molar-refractivity contribution in [1.82, 2.24) is 0 Å². The molecule has 9 aromatic carbocycles. The maximum atomic E-state index is 12.8. The molecule has 4 unspecified atom stereocenters. The first-order valence-corrected chi connectivity index (χ1v) is 39.7. The lowest BCUT2D eigenvalue weighted by Crippen LogP contribution is -2.62. The van der Waals surface area contributed by atoms with Gasteiger partial charge < -0.3 is 37.9 Å². The summed E-state index contributed by atoms with van der Waals surface area (Å²) >= 11 is 0. The highest BCUT2D eigenvalue weighted by atomic mass is 32.2. The maximum absolute atomic E-state index is 12.8. The Morgan fingerprint density at radius 1 is 0.368 bits per heavy atom. The van der Waals surface area contributed by atoms with Gasteiger partial charge in [0.25, 0.3) is 0 Å². The molecule has 0 N–H and O–H groups in total. The molecule has 0 aliphatic heterocycles. The lowest BCUT2D eigenvalue weighted by atomic mass is 9.52. The van der Waals surface area contributed by atoms with Crippen LogP contribution in [0.2, 0.25) is 0 Å². The van der Waals surface area contributed by atoms with E-state index in [1.807, 2.05) is 118 Å². The molecule has 4 aliphatic carbocycles. The molecule has 18 heteroatoms. The Balaban J connectivity index is 0.000000170. The molecule has 9 aromatic rings. The summed E-state index contributed by atoms with van der Waals surface area (Å²) in [6.07, 6.45) is 8.25. The molecule has 4 bridgehead atoms. The van der Waals surface area contributed by atoms with Crippen LogP contribution in [0.15, 0.2) is 299 Å². The van der Waals surface area contributed by atoms with Crippen molar-refractivity contribution in [3.8, 4) is 17.2 Å². The maximum Gasteiger partial charge on any atom is 0.349 e. The summed E-state index contributed by atoms with van der Waals surface area (Å²) in [5.41, 5.74) is -1.24. The molecule has 550 valence electrons. The average Bonchev–Trinajstić information content (AvgIpc) is 0.720. The van der Waals surface area contributed by atoms with E-state index in [-0.39, 0.29) is 61.7 Å². The zero-order valence-electron chi connectivity index (χ0n) is 61.1. The molecule has 15 nitrogen and oxygen atoms in total. The van der Waals surface area contributed by atoms with E-state index in [2.05, 4.69) is 140 Å². The quantitative estimate of drug-likeness (QED) is 0.0194. The van der Waals surface area contributed by atoms with Crippen LogP contribution in [-0.2, 0) is 89.9 Å². The van der Waals surface area contributed by atoms with Gasteiger partial charge in [-0.3, -0.25) is 14.4 Å². The van der Waals surface area contributed by atoms with Gasteiger partial charge in [0.1, 0.15) is 28.5 Å². The van der Waals surface area contributed by atoms with E-state index in [1.165, 1.54) is 40.7 Å². The summed E-state index contributed by atoms with van der Waals surface area (Å²) in [7, 11) is -0.784. The molecule has 0 amide bonds. The fraction of sp³-hybridized carbons (Fsp3) is 0.307. The Labute approximate surface area is 631 Å². The molecular weight excluding hydrogens is 1390 g/mol. The zero-order valence-corrected chi connectivity index (χ0v) is 63.5. The van der Waals surface area contributed by atoms with Crippen molar-refractivity contribution in [3.05, 3.63) is 255 Å².